The fourth-order valence-corrected chi connectivity index (χ4v) is 3.67. The quantitative estimate of drug-likeness (QED) is 0.516. The van der Waals surface area contributed by atoms with E-state index in [9.17, 15) is 18.0 Å². The van der Waals surface area contributed by atoms with Gasteiger partial charge in [-0.05, 0) is 29.8 Å². The standard InChI is InChI=1S/C23H24F3N5O3/c24-23(25,26)16-3-1-15(2-4-16)13-28-22-19-12-17(34-10-7-31-5-8-33-9-6-31)11-18(21(27)32)20(19)29-14-30-22/h1-4,11-12,14H,5-10,13H2,(H2,27,32)(H,28,29,30). The van der Waals surface area contributed by atoms with Gasteiger partial charge in [0.15, 0.2) is 0 Å². The molecule has 1 aromatic heterocycles. The summed E-state index contributed by atoms with van der Waals surface area (Å²) in [6, 6.07) is 8.12. The molecule has 1 aliphatic heterocycles. The normalized spacial score (nSPS) is 14.8. The van der Waals surface area contributed by atoms with Crippen LogP contribution in [0.5, 0.6) is 5.75 Å². The van der Waals surface area contributed by atoms with Crippen molar-refractivity contribution in [1.82, 2.24) is 14.9 Å². The minimum atomic E-state index is -4.39. The smallest absolute Gasteiger partial charge is 0.416 e. The van der Waals surface area contributed by atoms with Crippen LogP contribution in [0, 0.1) is 0 Å². The van der Waals surface area contributed by atoms with E-state index < -0.39 is 17.6 Å². The molecule has 0 unspecified atom stereocenters. The number of primary amides is 1. The van der Waals surface area contributed by atoms with Crippen molar-refractivity contribution in [3.8, 4) is 5.75 Å². The van der Waals surface area contributed by atoms with Crippen molar-refractivity contribution in [3.63, 3.8) is 0 Å². The van der Waals surface area contributed by atoms with Gasteiger partial charge < -0.3 is 20.5 Å². The molecule has 0 saturated carbocycles. The Hall–Kier alpha value is -3.44. The van der Waals surface area contributed by atoms with Gasteiger partial charge in [0, 0.05) is 31.6 Å². The van der Waals surface area contributed by atoms with Crippen molar-refractivity contribution in [2.45, 2.75) is 12.7 Å². The molecule has 3 aromatic rings. The molecule has 180 valence electrons. The summed E-state index contributed by atoms with van der Waals surface area (Å²) in [5.74, 6) is 0.198. The van der Waals surface area contributed by atoms with Crippen molar-refractivity contribution in [1.29, 1.82) is 0 Å². The summed E-state index contributed by atoms with van der Waals surface area (Å²) in [5.41, 5.74) is 6.04. The number of amides is 1. The second-order valence-electron chi connectivity index (χ2n) is 7.80. The zero-order chi connectivity index (χ0) is 24.1. The van der Waals surface area contributed by atoms with Gasteiger partial charge in [-0.1, -0.05) is 12.1 Å². The van der Waals surface area contributed by atoms with Crippen LogP contribution in [0.2, 0.25) is 0 Å². The van der Waals surface area contributed by atoms with Crippen LogP contribution >= 0.6 is 0 Å². The van der Waals surface area contributed by atoms with Crippen LogP contribution in [0.1, 0.15) is 21.5 Å². The highest BCUT2D eigenvalue weighted by molar-refractivity contribution is 6.07. The minimum absolute atomic E-state index is 0.193. The number of benzene rings is 2. The maximum Gasteiger partial charge on any atom is 0.416 e. The molecule has 1 saturated heterocycles. The average Bonchev–Trinajstić information content (AvgIpc) is 2.82. The number of nitrogens with one attached hydrogen (secondary N) is 1. The van der Waals surface area contributed by atoms with Crippen LogP contribution in [0.4, 0.5) is 19.0 Å². The molecule has 2 heterocycles. The molecule has 0 atom stereocenters. The van der Waals surface area contributed by atoms with Gasteiger partial charge in [-0.15, -0.1) is 0 Å². The topological polar surface area (TPSA) is 103 Å². The number of morpholine rings is 1. The fourth-order valence-electron chi connectivity index (χ4n) is 3.67. The molecular formula is C23H24F3N5O3. The van der Waals surface area contributed by atoms with Gasteiger partial charge in [0.2, 0.25) is 0 Å². The third kappa shape index (κ3) is 5.72. The molecular weight excluding hydrogens is 451 g/mol. The van der Waals surface area contributed by atoms with Crippen LogP contribution in [0.15, 0.2) is 42.7 Å². The van der Waals surface area contributed by atoms with Crippen molar-refractivity contribution in [2.75, 3.05) is 44.8 Å². The van der Waals surface area contributed by atoms with Crippen LogP contribution in [-0.2, 0) is 17.5 Å². The van der Waals surface area contributed by atoms with E-state index in [4.69, 9.17) is 15.2 Å². The molecule has 1 aliphatic rings. The molecule has 2 aromatic carbocycles. The van der Waals surface area contributed by atoms with Gasteiger partial charge in [0.25, 0.3) is 5.91 Å². The van der Waals surface area contributed by atoms with Gasteiger partial charge in [0.05, 0.1) is 29.9 Å². The lowest BCUT2D eigenvalue weighted by molar-refractivity contribution is -0.137. The molecule has 1 fully saturated rings. The summed E-state index contributed by atoms with van der Waals surface area (Å²) in [7, 11) is 0. The zero-order valence-electron chi connectivity index (χ0n) is 18.3. The highest BCUT2D eigenvalue weighted by atomic mass is 19.4. The Kier molecular flexibility index (Phi) is 7.13. The second kappa shape index (κ2) is 10.2. The molecule has 8 nitrogen and oxygen atoms in total. The Balaban J connectivity index is 1.52. The number of hydrogen-bond donors (Lipinski definition) is 2. The first kappa shape index (κ1) is 23.7. The molecule has 11 heteroatoms. The van der Waals surface area contributed by atoms with Crippen LogP contribution in [-0.4, -0.2) is 60.2 Å². The van der Waals surface area contributed by atoms with Crippen LogP contribution in [0.3, 0.4) is 0 Å². The zero-order valence-corrected chi connectivity index (χ0v) is 18.3. The third-order valence-corrected chi connectivity index (χ3v) is 5.50. The summed E-state index contributed by atoms with van der Waals surface area (Å²) in [5, 5.41) is 3.62. The molecule has 34 heavy (non-hydrogen) atoms. The maximum absolute atomic E-state index is 12.8. The highest BCUT2D eigenvalue weighted by Gasteiger charge is 2.29. The Morgan fingerprint density at radius 1 is 1.15 bits per heavy atom. The fraction of sp³-hybridized carbons (Fsp3) is 0.348. The summed E-state index contributed by atoms with van der Waals surface area (Å²) < 4.78 is 49.6. The van der Waals surface area contributed by atoms with Crippen molar-refractivity contribution in [2.24, 2.45) is 5.73 Å². The van der Waals surface area contributed by atoms with Gasteiger partial charge in [-0.3, -0.25) is 9.69 Å². The van der Waals surface area contributed by atoms with Crippen LogP contribution < -0.4 is 15.8 Å². The number of carbonyl (C=O) groups excluding carboxylic acids is 1. The van der Waals surface area contributed by atoms with E-state index in [-0.39, 0.29) is 12.1 Å². The number of halogens is 3. The lowest BCUT2D eigenvalue weighted by atomic mass is 10.1. The predicted molar refractivity (Wildman–Crippen MR) is 120 cm³/mol. The molecule has 3 N–H and O–H groups in total. The Morgan fingerprint density at radius 2 is 1.88 bits per heavy atom. The van der Waals surface area contributed by atoms with E-state index in [2.05, 4.69) is 20.2 Å². The van der Waals surface area contributed by atoms with Gasteiger partial charge in [-0.2, -0.15) is 13.2 Å². The Bertz CT molecular complexity index is 1150. The molecule has 4 rings (SSSR count). The number of fused-ring (bicyclic) bond motifs is 1. The predicted octanol–water partition coefficient (Wildman–Crippen LogP) is 3.07. The van der Waals surface area contributed by atoms with Gasteiger partial charge in [-0.25, -0.2) is 9.97 Å². The van der Waals surface area contributed by atoms with Crippen molar-refractivity contribution >= 4 is 22.6 Å². The second-order valence-corrected chi connectivity index (χ2v) is 7.80. The summed E-state index contributed by atoms with van der Waals surface area (Å²) in [6.45, 7) is 4.38. The Labute approximate surface area is 193 Å². The average molecular weight is 475 g/mol. The van der Waals surface area contributed by atoms with Crippen molar-refractivity contribution in [3.05, 3.63) is 59.4 Å². The lowest BCUT2D eigenvalue weighted by Gasteiger charge is -2.26. The number of ether oxygens (including phenoxy) is 2. The molecule has 0 bridgehead atoms. The number of aromatic nitrogens is 2. The largest absolute Gasteiger partial charge is 0.492 e. The first-order valence-electron chi connectivity index (χ1n) is 10.7. The van der Waals surface area contributed by atoms with Crippen LogP contribution in [0.25, 0.3) is 10.9 Å². The highest BCUT2D eigenvalue weighted by Crippen LogP contribution is 2.30. The number of anilines is 1. The minimum Gasteiger partial charge on any atom is -0.492 e. The number of nitrogens with two attached hydrogens (primary N) is 1. The van der Waals surface area contributed by atoms with E-state index in [1.807, 2.05) is 0 Å². The number of rotatable bonds is 8. The van der Waals surface area contributed by atoms with Gasteiger partial charge in [0.1, 0.15) is 24.5 Å². The number of carbonyl (C=O) groups is 1. The SMILES string of the molecule is NC(=O)c1cc(OCCN2CCOCC2)cc2c(NCc3ccc(C(F)(F)F)cc3)ncnc12. The summed E-state index contributed by atoms with van der Waals surface area (Å²) in [6.07, 6.45) is -3.10. The summed E-state index contributed by atoms with van der Waals surface area (Å²) >= 11 is 0. The van der Waals surface area contributed by atoms with Gasteiger partial charge >= 0.3 is 6.18 Å². The molecule has 0 radical (unpaired) electrons. The number of alkyl halides is 3. The Morgan fingerprint density at radius 3 is 2.56 bits per heavy atom. The number of nitrogens with zero attached hydrogens (tertiary/aromatic N) is 3. The van der Waals surface area contributed by atoms with E-state index in [0.717, 1.165) is 25.2 Å². The third-order valence-electron chi connectivity index (χ3n) is 5.50. The maximum atomic E-state index is 12.8. The molecule has 0 spiro atoms. The first-order chi connectivity index (χ1) is 16.3. The summed E-state index contributed by atoms with van der Waals surface area (Å²) in [4.78, 5) is 22.7. The monoisotopic (exact) mass is 475 g/mol. The molecule has 1 amide bonds. The first-order valence-corrected chi connectivity index (χ1v) is 10.7. The van der Waals surface area contributed by atoms with Crippen molar-refractivity contribution < 1.29 is 27.4 Å². The molecule has 0 aliphatic carbocycles. The van der Waals surface area contributed by atoms with E-state index in [0.29, 0.717) is 54.4 Å². The lowest BCUT2D eigenvalue weighted by Crippen LogP contribution is -2.38. The van der Waals surface area contributed by atoms with E-state index in [1.165, 1.54) is 18.5 Å². The van der Waals surface area contributed by atoms with E-state index in [1.54, 1.807) is 12.1 Å². The van der Waals surface area contributed by atoms with E-state index >= 15 is 0 Å². The number of hydrogen-bond acceptors (Lipinski definition) is 7.